The third kappa shape index (κ3) is 24.7. The van der Waals surface area contributed by atoms with Crippen LogP contribution in [0.25, 0.3) is 0 Å². The van der Waals surface area contributed by atoms with Gasteiger partial charge in [-0.05, 0) is 25.7 Å². The zero-order valence-electron chi connectivity index (χ0n) is 10.2. The van der Waals surface area contributed by atoms with Crippen molar-refractivity contribution in [1.82, 2.24) is 0 Å². The van der Waals surface area contributed by atoms with Crippen molar-refractivity contribution in [3.63, 3.8) is 0 Å². The van der Waals surface area contributed by atoms with Crippen molar-refractivity contribution in [2.75, 3.05) is 0 Å². The summed E-state index contributed by atoms with van der Waals surface area (Å²) in [5, 5.41) is 0.465. The molecule has 0 atom stereocenters. The summed E-state index contributed by atoms with van der Waals surface area (Å²) in [6, 6.07) is 0. The monoisotopic (exact) mass is 237 g/mol. The van der Waals surface area contributed by atoms with E-state index in [-0.39, 0.29) is 5.54 Å². The van der Waals surface area contributed by atoms with Crippen molar-refractivity contribution in [2.45, 2.75) is 46.6 Å². The third-order valence-corrected chi connectivity index (χ3v) is 1.62. The van der Waals surface area contributed by atoms with E-state index < -0.39 is 10.1 Å². The molecule has 0 rings (SSSR count). The summed E-state index contributed by atoms with van der Waals surface area (Å²) in [5.41, 5.74) is 6.17. The van der Waals surface area contributed by atoms with E-state index in [1.165, 1.54) is 0 Å². The van der Waals surface area contributed by atoms with E-state index in [2.05, 4.69) is 41.2 Å². The molecule has 0 saturated carbocycles. The summed E-state index contributed by atoms with van der Waals surface area (Å²) in [6.07, 6.45) is 1.07. The van der Waals surface area contributed by atoms with Crippen LogP contribution < -0.4 is 5.73 Å². The fraction of sp³-hybridized carbons (Fsp3) is 0.800. The van der Waals surface area contributed by atoms with Gasteiger partial charge in [-0.2, -0.15) is 8.42 Å². The van der Waals surface area contributed by atoms with Crippen molar-refractivity contribution in [3.05, 3.63) is 12.0 Å². The molecule has 0 aromatic heterocycles. The van der Waals surface area contributed by atoms with Gasteiger partial charge < -0.3 is 5.73 Å². The molecule has 5 heteroatoms. The van der Waals surface area contributed by atoms with Crippen molar-refractivity contribution in [2.24, 2.45) is 11.1 Å². The Morgan fingerprint density at radius 1 is 1.27 bits per heavy atom. The summed E-state index contributed by atoms with van der Waals surface area (Å²) in [7, 11) is -3.90. The van der Waals surface area contributed by atoms with Gasteiger partial charge in [-0.3, -0.25) is 4.55 Å². The first-order valence-electron chi connectivity index (χ1n) is 4.66. The van der Waals surface area contributed by atoms with Crippen molar-refractivity contribution < 1.29 is 13.0 Å². The molecule has 0 aliphatic rings. The Morgan fingerprint density at radius 2 is 1.53 bits per heavy atom. The minimum Gasteiger partial charge on any atom is -0.326 e. The highest BCUT2D eigenvalue weighted by molar-refractivity contribution is 7.88. The first kappa shape index (κ1) is 17.0. The minimum absolute atomic E-state index is 0.0156. The minimum atomic E-state index is -3.90. The molecule has 0 unspecified atom stereocenters. The Balaban J connectivity index is 0. The average Bonchev–Trinajstić information content (AvgIpc) is 1.78. The van der Waals surface area contributed by atoms with Crippen LogP contribution in [0.1, 0.15) is 41.0 Å². The molecule has 15 heavy (non-hydrogen) atoms. The molecule has 0 spiro atoms. The summed E-state index contributed by atoms with van der Waals surface area (Å²) in [4.78, 5) is 0. The second-order valence-corrected chi connectivity index (χ2v) is 6.77. The topological polar surface area (TPSA) is 80.4 Å². The van der Waals surface area contributed by atoms with Gasteiger partial charge in [0.2, 0.25) is 0 Å². The van der Waals surface area contributed by atoms with Crippen LogP contribution in [-0.2, 0) is 10.1 Å². The van der Waals surface area contributed by atoms with Gasteiger partial charge in [-0.15, -0.1) is 0 Å². The Hall–Kier alpha value is -0.390. The third-order valence-electron chi connectivity index (χ3n) is 1.20. The molecule has 0 amide bonds. The quantitative estimate of drug-likeness (QED) is 0.721. The molecule has 0 heterocycles. The van der Waals surface area contributed by atoms with Crippen LogP contribution in [0.2, 0.25) is 0 Å². The maximum Gasteiger partial charge on any atom is 0.287 e. The molecule has 0 fully saturated rings. The normalized spacial score (nSPS) is 12.7. The van der Waals surface area contributed by atoms with E-state index in [0.29, 0.717) is 10.8 Å². The fourth-order valence-corrected chi connectivity index (χ4v) is 1.37. The summed E-state index contributed by atoms with van der Waals surface area (Å²) in [5.74, 6) is 0. The summed E-state index contributed by atoms with van der Waals surface area (Å²) in [6.45, 7) is 13.6. The van der Waals surface area contributed by atoms with E-state index in [1.807, 2.05) is 0 Å². The van der Waals surface area contributed by atoms with Crippen LogP contribution >= 0.6 is 0 Å². The predicted molar refractivity (Wildman–Crippen MR) is 64.1 cm³/mol. The second kappa shape index (κ2) is 5.63. The van der Waals surface area contributed by atoms with Gasteiger partial charge in [0, 0.05) is 5.54 Å². The number of nitrogens with two attached hydrogens (primary N) is 1. The Morgan fingerprint density at radius 3 is 1.53 bits per heavy atom. The van der Waals surface area contributed by atoms with E-state index >= 15 is 0 Å². The van der Waals surface area contributed by atoms with Gasteiger partial charge in [0.15, 0.2) is 0 Å². The van der Waals surface area contributed by atoms with Crippen LogP contribution in [0, 0.1) is 5.41 Å². The smallest absolute Gasteiger partial charge is 0.287 e. The van der Waals surface area contributed by atoms with E-state index in [1.54, 1.807) is 0 Å². The van der Waals surface area contributed by atoms with Gasteiger partial charge in [-0.25, -0.2) is 0 Å². The van der Waals surface area contributed by atoms with Crippen LogP contribution in [-0.4, -0.2) is 18.5 Å². The lowest BCUT2D eigenvalue weighted by Crippen LogP contribution is -2.36. The van der Waals surface area contributed by atoms with Gasteiger partial charge in [-0.1, -0.05) is 27.4 Å². The number of hydrogen-bond donors (Lipinski definition) is 2. The molecule has 92 valence electrons. The fourth-order valence-electron chi connectivity index (χ4n) is 1.37. The first-order valence-corrected chi connectivity index (χ1v) is 6.16. The number of rotatable bonds is 2. The summed E-state index contributed by atoms with van der Waals surface area (Å²) >= 11 is 0. The number of hydrogen-bond acceptors (Lipinski definition) is 3. The molecular weight excluding hydrogens is 214 g/mol. The largest absolute Gasteiger partial charge is 0.326 e. The van der Waals surface area contributed by atoms with E-state index in [9.17, 15) is 8.42 Å². The van der Waals surface area contributed by atoms with E-state index in [0.717, 1.165) is 6.42 Å². The van der Waals surface area contributed by atoms with Gasteiger partial charge in [0.1, 0.15) is 0 Å². The highest BCUT2D eigenvalue weighted by Crippen LogP contribution is 2.24. The van der Waals surface area contributed by atoms with Gasteiger partial charge in [0.05, 0.1) is 5.41 Å². The molecule has 0 saturated heterocycles. The Labute approximate surface area is 93.3 Å². The van der Waals surface area contributed by atoms with E-state index in [4.69, 9.17) is 10.3 Å². The maximum atomic E-state index is 9.44. The molecular formula is C10H23NO3S. The average molecular weight is 237 g/mol. The molecule has 0 aromatic carbocycles. The molecule has 0 aliphatic carbocycles. The zero-order valence-corrected chi connectivity index (χ0v) is 11.1. The molecule has 0 radical (unpaired) electrons. The maximum absolute atomic E-state index is 9.44. The lowest BCUT2D eigenvalue weighted by molar-refractivity contribution is 0.286. The molecule has 0 bridgehead atoms. The predicted octanol–water partition coefficient (Wildman–Crippen LogP) is 2.18. The molecule has 0 aliphatic heterocycles. The SMILES string of the molecule is C=CS(=O)(=O)O.CC(C)(C)CC(C)(C)N. The van der Waals surface area contributed by atoms with Crippen molar-refractivity contribution in [3.8, 4) is 0 Å². The first-order chi connectivity index (χ1) is 6.27. The molecule has 4 nitrogen and oxygen atoms in total. The molecule has 3 N–H and O–H groups in total. The second-order valence-electron chi connectivity index (χ2n) is 5.41. The van der Waals surface area contributed by atoms with Crippen LogP contribution in [0.5, 0.6) is 0 Å². The zero-order chi connectivity index (χ0) is 12.9. The highest BCUT2D eigenvalue weighted by Gasteiger charge is 2.20. The molecule has 0 aromatic rings. The van der Waals surface area contributed by atoms with Gasteiger partial charge in [0.25, 0.3) is 10.1 Å². The lowest BCUT2D eigenvalue weighted by Gasteiger charge is -2.28. The van der Waals surface area contributed by atoms with Crippen molar-refractivity contribution >= 4 is 10.1 Å². The van der Waals surface area contributed by atoms with Crippen LogP contribution in [0.15, 0.2) is 12.0 Å². The summed E-state index contributed by atoms with van der Waals surface area (Å²) < 4.78 is 26.6. The lowest BCUT2D eigenvalue weighted by atomic mass is 9.82. The van der Waals surface area contributed by atoms with Gasteiger partial charge >= 0.3 is 0 Å². The van der Waals surface area contributed by atoms with Crippen LogP contribution in [0.4, 0.5) is 0 Å². The van der Waals surface area contributed by atoms with Crippen molar-refractivity contribution in [1.29, 1.82) is 0 Å². The standard InChI is InChI=1S/C8H19N.C2H4O3S/c1-7(2,3)6-8(4,5)9;1-2-6(3,4)5/h6,9H2,1-5H3;2H,1H2,(H,3,4,5). The highest BCUT2D eigenvalue weighted by atomic mass is 32.2. The Kier molecular flexibility index (Phi) is 6.39. The Bertz CT molecular complexity index is 257. The van der Waals surface area contributed by atoms with Crippen LogP contribution in [0.3, 0.4) is 0 Å².